The largest absolute Gasteiger partial charge is 0.310 e. The van der Waals surface area contributed by atoms with Gasteiger partial charge in [-0.05, 0) is 44.5 Å². The zero-order valence-electron chi connectivity index (χ0n) is 14.7. The zero-order chi connectivity index (χ0) is 18.4. The Labute approximate surface area is 159 Å². The van der Waals surface area contributed by atoms with E-state index in [-0.39, 0.29) is 11.8 Å². The third-order valence-corrected chi connectivity index (χ3v) is 5.06. The second-order valence-electron chi connectivity index (χ2n) is 6.57. The summed E-state index contributed by atoms with van der Waals surface area (Å²) in [5.41, 5.74) is 4.71. The summed E-state index contributed by atoms with van der Waals surface area (Å²) in [5, 5.41) is 7.61. The van der Waals surface area contributed by atoms with E-state index in [0.29, 0.717) is 18.2 Å². The van der Waals surface area contributed by atoms with Crippen molar-refractivity contribution in [3.05, 3.63) is 63.0 Å². The summed E-state index contributed by atoms with van der Waals surface area (Å²) in [4.78, 5) is 21.4. The van der Waals surface area contributed by atoms with E-state index in [1.807, 2.05) is 51.1 Å². The standard InChI is InChI=1S/C19H18BrN5O/c1-10-8-11(2)22-19(21-10)25-18-17(12(3)24-25)15(9-16(26)23-18)13-4-6-14(20)7-5-13/h4-8,15H,9H2,1-3H3,(H,23,26). The number of amides is 1. The van der Waals surface area contributed by atoms with Crippen LogP contribution < -0.4 is 5.32 Å². The van der Waals surface area contributed by atoms with Crippen LogP contribution >= 0.6 is 15.9 Å². The Kier molecular flexibility index (Phi) is 4.11. The first-order chi connectivity index (χ1) is 12.4. The third kappa shape index (κ3) is 2.92. The minimum atomic E-state index is -0.0356. The number of aryl methyl sites for hydroxylation is 3. The number of benzene rings is 1. The van der Waals surface area contributed by atoms with Gasteiger partial charge >= 0.3 is 0 Å². The fraction of sp³-hybridized carbons (Fsp3) is 0.263. The predicted molar refractivity (Wildman–Crippen MR) is 103 cm³/mol. The molecule has 2 aromatic heterocycles. The zero-order valence-corrected chi connectivity index (χ0v) is 16.3. The molecule has 7 heteroatoms. The van der Waals surface area contributed by atoms with Gasteiger partial charge in [-0.1, -0.05) is 28.1 Å². The van der Waals surface area contributed by atoms with Crippen LogP contribution in [-0.4, -0.2) is 25.7 Å². The van der Waals surface area contributed by atoms with Gasteiger partial charge in [0.05, 0.1) is 5.69 Å². The second kappa shape index (κ2) is 6.32. The number of aromatic nitrogens is 4. The molecule has 0 saturated heterocycles. The number of fused-ring (bicyclic) bond motifs is 1. The topological polar surface area (TPSA) is 72.7 Å². The first kappa shape index (κ1) is 16.9. The van der Waals surface area contributed by atoms with Crippen molar-refractivity contribution in [1.82, 2.24) is 19.7 Å². The van der Waals surface area contributed by atoms with Crippen LogP contribution in [0, 0.1) is 20.8 Å². The smallest absolute Gasteiger partial charge is 0.252 e. The van der Waals surface area contributed by atoms with Crippen molar-refractivity contribution in [3.63, 3.8) is 0 Å². The normalized spacial score (nSPS) is 16.3. The second-order valence-corrected chi connectivity index (χ2v) is 7.48. The van der Waals surface area contributed by atoms with Gasteiger partial charge in [0.2, 0.25) is 5.91 Å². The van der Waals surface area contributed by atoms with Crippen LogP contribution in [0.2, 0.25) is 0 Å². The van der Waals surface area contributed by atoms with Crippen LogP contribution in [0.4, 0.5) is 5.82 Å². The SMILES string of the molecule is Cc1cc(C)nc(-n2nc(C)c3c2NC(=O)CC3c2ccc(Br)cc2)n1. The molecule has 0 bridgehead atoms. The summed E-state index contributed by atoms with van der Waals surface area (Å²) >= 11 is 3.46. The molecule has 1 aliphatic rings. The van der Waals surface area contributed by atoms with Crippen LogP contribution in [-0.2, 0) is 4.79 Å². The van der Waals surface area contributed by atoms with Gasteiger partial charge in [-0.15, -0.1) is 0 Å². The number of carbonyl (C=O) groups excluding carboxylic acids is 1. The van der Waals surface area contributed by atoms with Crippen molar-refractivity contribution in [1.29, 1.82) is 0 Å². The summed E-state index contributed by atoms with van der Waals surface area (Å²) in [7, 11) is 0. The highest BCUT2D eigenvalue weighted by Crippen LogP contribution is 2.40. The van der Waals surface area contributed by atoms with Gasteiger partial charge < -0.3 is 5.32 Å². The Morgan fingerprint density at radius 2 is 1.77 bits per heavy atom. The van der Waals surface area contributed by atoms with Crippen LogP contribution in [0.5, 0.6) is 0 Å². The number of halogens is 1. The lowest BCUT2D eigenvalue weighted by Gasteiger charge is -2.24. The molecule has 1 atom stereocenters. The highest BCUT2D eigenvalue weighted by atomic mass is 79.9. The van der Waals surface area contributed by atoms with E-state index in [1.54, 1.807) is 4.68 Å². The van der Waals surface area contributed by atoms with E-state index in [4.69, 9.17) is 0 Å². The average Bonchev–Trinajstić information content (AvgIpc) is 2.91. The monoisotopic (exact) mass is 411 g/mol. The first-order valence-corrected chi connectivity index (χ1v) is 9.19. The summed E-state index contributed by atoms with van der Waals surface area (Å²) in [6.45, 7) is 5.80. The highest BCUT2D eigenvalue weighted by molar-refractivity contribution is 9.10. The molecule has 0 aliphatic carbocycles. The summed E-state index contributed by atoms with van der Waals surface area (Å²) in [6, 6.07) is 9.99. The van der Waals surface area contributed by atoms with E-state index < -0.39 is 0 Å². The maximum absolute atomic E-state index is 12.4. The fourth-order valence-electron chi connectivity index (χ4n) is 3.47. The Bertz CT molecular complexity index is 989. The molecule has 1 amide bonds. The van der Waals surface area contributed by atoms with E-state index in [2.05, 4.69) is 36.3 Å². The first-order valence-electron chi connectivity index (χ1n) is 8.40. The molecule has 0 spiro atoms. The summed E-state index contributed by atoms with van der Waals surface area (Å²) < 4.78 is 2.66. The summed E-state index contributed by atoms with van der Waals surface area (Å²) in [6.07, 6.45) is 0.398. The molecule has 132 valence electrons. The van der Waals surface area contributed by atoms with Crippen LogP contribution in [0.25, 0.3) is 5.95 Å². The van der Waals surface area contributed by atoms with Crippen molar-refractivity contribution in [3.8, 4) is 5.95 Å². The molecule has 3 heterocycles. The van der Waals surface area contributed by atoms with E-state index in [0.717, 1.165) is 32.7 Å². The third-order valence-electron chi connectivity index (χ3n) is 4.53. The van der Waals surface area contributed by atoms with Crippen LogP contribution in [0.3, 0.4) is 0 Å². The molecule has 0 saturated carbocycles. The average molecular weight is 412 g/mol. The van der Waals surface area contributed by atoms with Gasteiger partial charge in [0.25, 0.3) is 5.95 Å². The number of anilines is 1. The van der Waals surface area contributed by atoms with Crippen LogP contribution in [0.15, 0.2) is 34.8 Å². The van der Waals surface area contributed by atoms with Crippen molar-refractivity contribution in [2.75, 3.05) is 5.32 Å². The summed E-state index contributed by atoms with van der Waals surface area (Å²) in [5.74, 6) is 1.07. The molecular formula is C19H18BrN5O. The Morgan fingerprint density at radius 1 is 1.12 bits per heavy atom. The van der Waals surface area contributed by atoms with Gasteiger partial charge in [-0.25, -0.2) is 9.97 Å². The molecule has 0 radical (unpaired) electrons. The number of carbonyl (C=O) groups is 1. The Hall–Kier alpha value is -2.54. The van der Waals surface area contributed by atoms with E-state index in [1.165, 1.54) is 0 Å². The lowest BCUT2D eigenvalue weighted by Crippen LogP contribution is -2.25. The number of hydrogen-bond acceptors (Lipinski definition) is 4. The maximum atomic E-state index is 12.4. The fourth-order valence-corrected chi connectivity index (χ4v) is 3.74. The molecule has 1 aliphatic heterocycles. The van der Waals surface area contributed by atoms with Crippen molar-refractivity contribution in [2.24, 2.45) is 0 Å². The van der Waals surface area contributed by atoms with E-state index in [9.17, 15) is 4.79 Å². The molecular weight excluding hydrogens is 394 g/mol. The number of rotatable bonds is 2. The lowest BCUT2D eigenvalue weighted by atomic mass is 9.86. The van der Waals surface area contributed by atoms with Gasteiger partial charge in [0.1, 0.15) is 5.82 Å². The lowest BCUT2D eigenvalue weighted by molar-refractivity contribution is -0.116. The molecule has 0 fully saturated rings. The molecule has 4 rings (SSSR count). The van der Waals surface area contributed by atoms with Gasteiger partial charge in [0, 0.05) is 33.8 Å². The number of nitrogens with one attached hydrogen (secondary N) is 1. The van der Waals surface area contributed by atoms with Crippen molar-refractivity contribution >= 4 is 27.7 Å². The van der Waals surface area contributed by atoms with Gasteiger partial charge in [0.15, 0.2) is 0 Å². The Morgan fingerprint density at radius 3 is 2.42 bits per heavy atom. The molecule has 6 nitrogen and oxygen atoms in total. The minimum Gasteiger partial charge on any atom is -0.310 e. The van der Waals surface area contributed by atoms with Crippen molar-refractivity contribution < 1.29 is 4.79 Å². The molecule has 3 aromatic rings. The van der Waals surface area contributed by atoms with Crippen molar-refractivity contribution in [2.45, 2.75) is 33.1 Å². The number of nitrogens with zero attached hydrogens (tertiary/aromatic N) is 4. The van der Waals surface area contributed by atoms with Gasteiger partial charge in [-0.3, -0.25) is 4.79 Å². The maximum Gasteiger partial charge on any atom is 0.252 e. The minimum absolute atomic E-state index is 0.0315. The number of hydrogen-bond donors (Lipinski definition) is 1. The quantitative estimate of drug-likeness (QED) is 0.695. The molecule has 1 aromatic carbocycles. The molecule has 1 N–H and O–H groups in total. The predicted octanol–water partition coefficient (Wildman–Crippen LogP) is 3.82. The van der Waals surface area contributed by atoms with Gasteiger partial charge in [-0.2, -0.15) is 9.78 Å². The van der Waals surface area contributed by atoms with E-state index >= 15 is 0 Å². The molecule has 1 unspecified atom stereocenters. The Balaban J connectivity index is 1.88. The molecule has 26 heavy (non-hydrogen) atoms. The highest BCUT2D eigenvalue weighted by Gasteiger charge is 2.33. The van der Waals surface area contributed by atoms with Crippen LogP contribution in [0.1, 0.15) is 40.5 Å².